The maximum Gasteiger partial charge on any atom is 0.160 e. The van der Waals surface area contributed by atoms with Gasteiger partial charge >= 0.3 is 0 Å². The number of hydrogen-bond donors (Lipinski definition) is 1. The van der Waals surface area contributed by atoms with Crippen molar-refractivity contribution in [2.45, 2.75) is 51.6 Å². The average Bonchev–Trinajstić information content (AvgIpc) is 2.91. The molecular weight excluding hydrogens is 226 g/mol. The molecule has 1 aliphatic carbocycles. The van der Waals surface area contributed by atoms with Crippen LogP contribution in [-0.2, 0) is 0 Å². The van der Waals surface area contributed by atoms with Crippen molar-refractivity contribution in [2.75, 3.05) is 14.2 Å². The molecule has 1 saturated carbocycles. The smallest absolute Gasteiger partial charge is 0.160 e. The first-order valence-corrected chi connectivity index (χ1v) is 6.88. The van der Waals surface area contributed by atoms with E-state index in [-0.39, 0.29) is 0 Å². The number of nitrogens with one attached hydrogen (secondary N) is 1. The minimum Gasteiger partial charge on any atom is -0.493 e. The van der Waals surface area contributed by atoms with Gasteiger partial charge in [0.2, 0.25) is 0 Å². The third kappa shape index (κ3) is 2.14. The molecule has 102 valence electrons. The second-order valence-corrected chi connectivity index (χ2v) is 5.57. The summed E-state index contributed by atoms with van der Waals surface area (Å²) >= 11 is 0. The van der Waals surface area contributed by atoms with Crippen LogP contribution in [0.3, 0.4) is 0 Å². The summed E-state index contributed by atoms with van der Waals surface area (Å²) in [4.78, 5) is 0. The molecule has 0 amide bonds. The molecule has 1 N–H and O–H groups in total. The molecule has 1 aliphatic rings. The molecule has 1 heterocycles. The highest BCUT2D eigenvalue weighted by Gasteiger charge is 2.36. The molecule has 0 radical (unpaired) electrons. The molecule has 18 heavy (non-hydrogen) atoms. The van der Waals surface area contributed by atoms with E-state index in [4.69, 9.17) is 4.74 Å². The standard InChI is InChI=1S/C14H25N3O/c1-9(2)17-14(13(18-5)8-16-17)11-6-7-12(15-4)10(11)3/h8-12,15H,6-7H2,1-5H3. The van der Waals surface area contributed by atoms with Crippen LogP contribution in [-0.4, -0.2) is 30.0 Å². The minimum absolute atomic E-state index is 0.379. The number of aromatic nitrogens is 2. The fourth-order valence-corrected chi connectivity index (χ4v) is 3.24. The molecular formula is C14H25N3O. The molecule has 1 aromatic rings. The molecule has 4 nitrogen and oxygen atoms in total. The van der Waals surface area contributed by atoms with Gasteiger partial charge in [0.05, 0.1) is 19.0 Å². The van der Waals surface area contributed by atoms with E-state index in [0.29, 0.717) is 23.9 Å². The van der Waals surface area contributed by atoms with Crippen molar-refractivity contribution < 1.29 is 4.74 Å². The molecule has 0 bridgehead atoms. The lowest BCUT2D eigenvalue weighted by molar-refractivity contribution is 0.369. The van der Waals surface area contributed by atoms with Gasteiger partial charge in [-0.2, -0.15) is 5.10 Å². The number of nitrogens with zero attached hydrogens (tertiary/aromatic N) is 2. The predicted molar refractivity (Wildman–Crippen MR) is 73.2 cm³/mol. The Hall–Kier alpha value is -1.03. The normalized spacial score (nSPS) is 28.0. The molecule has 4 heteroatoms. The summed E-state index contributed by atoms with van der Waals surface area (Å²) in [5.41, 5.74) is 1.28. The van der Waals surface area contributed by atoms with E-state index in [9.17, 15) is 0 Å². The summed E-state index contributed by atoms with van der Waals surface area (Å²) in [6, 6.07) is 0.986. The molecule has 0 aliphatic heterocycles. The van der Waals surface area contributed by atoms with Crippen LogP contribution in [0, 0.1) is 5.92 Å². The van der Waals surface area contributed by atoms with Crippen LogP contribution in [0.5, 0.6) is 5.75 Å². The highest BCUT2D eigenvalue weighted by Crippen LogP contribution is 2.43. The van der Waals surface area contributed by atoms with Gasteiger partial charge in [-0.1, -0.05) is 6.92 Å². The summed E-state index contributed by atoms with van der Waals surface area (Å²) in [6.45, 7) is 6.67. The Balaban J connectivity index is 2.35. The van der Waals surface area contributed by atoms with Crippen LogP contribution >= 0.6 is 0 Å². The second kappa shape index (κ2) is 5.31. The van der Waals surface area contributed by atoms with Crippen LogP contribution in [0.2, 0.25) is 0 Å². The van der Waals surface area contributed by atoms with Crippen molar-refractivity contribution in [3.63, 3.8) is 0 Å². The van der Waals surface area contributed by atoms with Gasteiger partial charge in [-0.3, -0.25) is 4.68 Å². The van der Waals surface area contributed by atoms with Gasteiger partial charge in [-0.15, -0.1) is 0 Å². The maximum absolute atomic E-state index is 5.50. The fraction of sp³-hybridized carbons (Fsp3) is 0.786. The van der Waals surface area contributed by atoms with Crippen LogP contribution in [0.15, 0.2) is 6.20 Å². The van der Waals surface area contributed by atoms with Gasteiger partial charge in [0.15, 0.2) is 5.75 Å². The molecule has 0 aromatic carbocycles. The summed E-state index contributed by atoms with van der Waals surface area (Å²) in [5, 5.41) is 7.91. The van der Waals surface area contributed by atoms with E-state index in [1.54, 1.807) is 7.11 Å². The molecule has 1 aromatic heterocycles. The van der Waals surface area contributed by atoms with Gasteiger partial charge in [-0.05, 0) is 39.7 Å². The van der Waals surface area contributed by atoms with E-state index in [0.717, 1.165) is 5.75 Å². The van der Waals surface area contributed by atoms with E-state index in [1.165, 1.54) is 18.5 Å². The first kappa shape index (κ1) is 13.4. The summed E-state index contributed by atoms with van der Waals surface area (Å²) in [6.07, 6.45) is 4.30. The SMILES string of the molecule is CNC1CCC(c2c(OC)cnn2C(C)C)C1C. The van der Waals surface area contributed by atoms with Gasteiger partial charge in [0.25, 0.3) is 0 Å². The highest BCUT2D eigenvalue weighted by atomic mass is 16.5. The fourth-order valence-electron chi connectivity index (χ4n) is 3.24. The van der Waals surface area contributed by atoms with Crippen molar-refractivity contribution in [1.29, 1.82) is 0 Å². The zero-order valence-electron chi connectivity index (χ0n) is 12.1. The zero-order valence-corrected chi connectivity index (χ0v) is 12.1. The zero-order chi connectivity index (χ0) is 13.3. The molecule has 3 atom stereocenters. The first-order valence-electron chi connectivity index (χ1n) is 6.88. The third-order valence-electron chi connectivity index (χ3n) is 4.29. The van der Waals surface area contributed by atoms with Crippen LogP contribution < -0.4 is 10.1 Å². The lowest BCUT2D eigenvalue weighted by atomic mass is 9.92. The Bertz CT molecular complexity index is 400. The summed E-state index contributed by atoms with van der Waals surface area (Å²) in [7, 11) is 3.79. The monoisotopic (exact) mass is 251 g/mol. The van der Waals surface area contributed by atoms with E-state index >= 15 is 0 Å². The summed E-state index contributed by atoms with van der Waals surface area (Å²) in [5.74, 6) is 2.11. The Kier molecular flexibility index (Phi) is 3.95. The van der Waals surface area contributed by atoms with Crippen molar-refractivity contribution in [1.82, 2.24) is 15.1 Å². The van der Waals surface area contributed by atoms with Gasteiger partial charge in [0.1, 0.15) is 0 Å². The molecule has 1 fully saturated rings. The number of rotatable bonds is 4. The van der Waals surface area contributed by atoms with Crippen LogP contribution in [0.4, 0.5) is 0 Å². The van der Waals surface area contributed by atoms with Gasteiger partial charge in [-0.25, -0.2) is 0 Å². The third-order valence-corrected chi connectivity index (χ3v) is 4.29. The lowest BCUT2D eigenvalue weighted by Gasteiger charge is -2.23. The number of methoxy groups -OCH3 is 1. The van der Waals surface area contributed by atoms with Crippen molar-refractivity contribution in [2.24, 2.45) is 5.92 Å². The average molecular weight is 251 g/mol. The lowest BCUT2D eigenvalue weighted by Crippen LogP contribution is -2.29. The van der Waals surface area contributed by atoms with Crippen molar-refractivity contribution >= 4 is 0 Å². The maximum atomic E-state index is 5.50. The second-order valence-electron chi connectivity index (χ2n) is 5.57. The molecule has 2 rings (SSSR count). The number of hydrogen-bond acceptors (Lipinski definition) is 3. The van der Waals surface area contributed by atoms with E-state index in [2.05, 4.69) is 42.9 Å². The largest absolute Gasteiger partial charge is 0.493 e. The molecule has 0 saturated heterocycles. The highest BCUT2D eigenvalue weighted by molar-refractivity contribution is 5.31. The quantitative estimate of drug-likeness (QED) is 0.894. The van der Waals surface area contributed by atoms with Gasteiger partial charge in [0, 0.05) is 18.0 Å². The van der Waals surface area contributed by atoms with Crippen molar-refractivity contribution in [3.05, 3.63) is 11.9 Å². The van der Waals surface area contributed by atoms with Crippen molar-refractivity contribution in [3.8, 4) is 5.75 Å². The number of ether oxygens (including phenoxy) is 1. The molecule has 0 spiro atoms. The topological polar surface area (TPSA) is 39.1 Å². The van der Waals surface area contributed by atoms with E-state index in [1.807, 2.05) is 6.20 Å². The first-order chi connectivity index (χ1) is 8.60. The Morgan fingerprint density at radius 3 is 2.67 bits per heavy atom. The van der Waals surface area contributed by atoms with Crippen LogP contribution in [0.1, 0.15) is 51.3 Å². The Labute approximate surface area is 110 Å². The molecule has 3 unspecified atom stereocenters. The summed E-state index contributed by atoms with van der Waals surface area (Å²) < 4.78 is 7.63. The Morgan fingerprint density at radius 2 is 2.17 bits per heavy atom. The van der Waals surface area contributed by atoms with E-state index < -0.39 is 0 Å². The Morgan fingerprint density at radius 1 is 1.44 bits per heavy atom. The van der Waals surface area contributed by atoms with Gasteiger partial charge < -0.3 is 10.1 Å². The van der Waals surface area contributed by atoms with Crippen LogP contribution in [0.25, 0.3) is 0 Å². The predicted octanol–water partition coefficient (Wildman–Crippen LogP) is 2.57. The minimum atomic E-state index is 0.379.